The number of amides is 1. The number of rotatable bonds is 7. The van der Waals surface area contributed by atoms with Crippen molar-refractivity contribution in [2.24, 2.45) is 0 Å². The van der Waals surface area contributed by atoms with Crippen molar-refractivity contribution < 1.29 is 19.2 Å². The fraction of sp³-hybridized carbons (Fsp3) is 0.632. The van der Waals surface area contributed by atoms with Gasteiger partial charge in [-0.1, -0.05) is 0 Å². The van der Waals surface area contributed by atoms with Crippen LogP contribution in [0.2, 0.25) is 0 Å². The Balaban J connectivity index is 2.19. The molecule has 2 rings (SSSR count). The van der Waals surface area contributed by atoms with Crippen LogP contribution in [-0.4, -0.2) is 59.7 Å². The molecule has 0 spiro atoms. The predicted octanol–water partition coefficient (Wildman–Crippen LogP) is 3.44. The first-order valence-corrected chi connectivity index (χ1v) is 9.21. The summed E-state index contributed by atoms with van der Waals surface area (Å²) >= 11 is 0. The molecule has 150 valence electrons. The minimum absolute atomic E-state index is 0.0329. The van der Waals surface area contributed by atoms with E-state index in [4.69, 9.17) is 9.47 Å². The first-order valence-electron chi connectivity index (χ1n) is 9.21. The molecule has 0 aromatic heterocycles. The summed E-state index contributed by atoms with van der Waals surface area (Å²) in [5.74, 6) is 0.510. The topological polar surface area (TPSA) is 85.2 Å². The third-order valence-corrected chi connectivity index (χ3v) is 4.37. The summed E-state index contributed by atoms with van der Waals surface area (Å²) in [6.45, 7) is 8.93. The highest BCUT2D eigenvalue weighted by Gasteiger charge is 2.25. The number of likely N-dealkylation sites (tertiary alicyclic amines) is 1. The van der Waals surface area contributed by atoms with E-state index in [1.165, 1.54) is 32.1 Å². The van der Waals surface area contributed by atoms with Gasteiger partial charge in [0.05, 0.1) is 18.6 Å². The van der Waals surface area contributed by atoms with Crippen LogP contribution in [0.5, 0.6) is 5.75 Å². The Hall–Kier alpha value is -2.35. The number of hydrogen-bond acceptors (Lipinski definition) is 6. The molecule has 1 aliphatic heterocycles. The average Bonchev–Trinajstić information content (AvgIpc) is 3.10. The predicted molar refractivity (Wildman–Crippen MR) is 102 cm³/mol. The van der Waals surface area contributed by atoms with Crippen LogP contribution in [0, 0.1) is 10.1 Å². The molecule has 1 amide bonds. The Morgan fingerprint density at radius 3 is 2.52 bits per heavy atom. The second kappa shape index (κ2) is 9.03. The van der Waals surface area contributed by atoms with E-state index in [1.54, 1.807) is 11.0 Å². The van der Waals surface area contributed by atoms with E-state index in [1.807, 2.05) is 20.8 Å². The smallest absolute Gasteiger partial charge is 0.410 e. The second-order valence-electron chi connectivity index (χ2n) is 7.70. The lowest BCUT2D eigenvalue weighted by molar-refractivity contribution is -0.385. The van der Waals surface area contributed by atoms with E-state index in [9.17, 15) is 14.9 Å². The molecule has 1 aromatic rings. The van der Waals surface area contributed by atoms with Crippen LogP contribution in [0.4, 0.5) is 10.5 Å². The van der Waals surface area contributed by atoms with Gasteiger partial charge in [0.1, 0.15) is 11.4 Å². The second-order valence-corrected chi connectivity index (χ2v) is 7.70. The number of ether oxygens (including phenoxy) is 2. The molecule has 0 radical (unpaired) electrons. The van der Waals surface area contributed by atoms with Crippen LogP contribution in [0.1, 0.15) is 39.2 Å². The molecular formula is C19H29N3O5. The Kier molecular flexibility index (Phi) is 7.01. The zero-order valence-corrected chi connectivity index (χ0v) is 16.6. The Labute approximate surface area is 160 Å². The van der Waals surface area contributed by atoms with E-state index in [0.717, 1.165) is 19.6 Å². The van der Waals surface area contributed by atoms with Crippen molar-refractivity contribution in [3.63, 3.8) is 0 Å². The lowest BCUT2D eigenvalue weighted by Gasteiger charge is -2.29. The summed E-state index contributed by atoms with van der Waals surface area (Å²) in [5.41, 5.74) is -0.0658. The number of methoxy groups -OCH3 is 1. The van der Waals surface area contributed by atoms with Gasteiger partial charge < -0.3 is 19.3 Å². The summed E-state index contributed by atoms with van der Waals surface area (Å²) in [6, 6.07) is 4.40. The van der Waals surface area contributed by atoms with Crippen LogP contribution in [-0.2, 0) is 11.3 Å². The van der Waals surface area contributed by atoms with Gasteiger partial charge in [0.25, 0.3) is 5.69 Å². The fourth-order valence-corrected chi connectivity index (χ4v) is 3.04. The first kappa shape index (κ1) is 21.0. The quantitative estimate of drug-likeness (QED) is 0.533. The van der Waals surface area contributed by atoms with Gasteiger partial charge in [-0.15, -0.1) is 0 Å². The lowest BCUT2D eigenvalue weighted by atomic mass is 10.1. The van der Waals surface area contributed by atoms with Gasteiger partial charge in [-0.05, 0) is 52.8 Å². The average molecular weight is 379 g/mol. The van der Waals surface area contributed by atoms with Crippen molar-refractivity contribution in [1.82, 2.24) is 9.80 Å². The van der Waals surface area contributed by atoms with Crippen molar-refractivity contribution in [2.75, 3.05) is 33.3 Å². The largest absolute Gasteiger partial charge is 0.496 e. The van der Waals surface area contributed by atoms with Crippen LogP contribution in [0.25, 0.3) is 0 Å². The van der Waals surface area contributed by atoms with Crippen LogP contribution in [0.15, 0.2) is 18.2 Å². The van der Waals surface area contributed by atoms with E-state index in [2.05, 4.69) is 4.90 Å². The van der Waals surface area contributed by atoms with Crippen molar-refractivity contribution in [3.05, 3.63) is 33.9 Å². The SMILES string of the molecule is COc1ccc([N+](=O)[O-])cc1CN(CCN1CCCC1)C(=O)OC(C)(C)C. The van der Waals surface area contributed by atoms with Crippen LogP contribution >= 0.6 is 0 Å². The number of carbonyl (C=O) groups is 1. The molecule has 0 aliphatic carbocycles. The maximum absolute atomic E-state index is 12.7. The third kappa shape index (κ3) is 6.39. The summed E-state index contributed by atoms with van der Waals surface area (Å²) in [6.07, 6.45) is 1.91. The fourth-order valence-electron chi connectivity index (χ4n) is 3.04. The van der Waals surface area contributed by atoms with Gasteiger partial charge in [-0.3, -0.25) is 10.1 Å². The molecule has 1 saturated heterocycles. The van der Waals surface area contributed by atoms with Crippen LogP contribution < -0.4 is 4.74 Å². The highest BCUT2D eigenvalue weighted by molar-refractivity contribution is 5.68. The number of nitro groups is 1. The monoisotopic (exact) mass is 379 g/mol. The van der Waals surface area contributed by atoms with Gasteiger partial charge >= 0.3 is 6.09 Å². The summed E-state index contributed by atoms with van der Waals surface area (Å²) in [5, 5.41) is 11.1. The van der Waals surface area contributed by atoms with Gasteiger partial charge in [-0.2, -0.15) is 0 Å². The Bertz CT molecular complexity index is 666. The standard InChI is InChI=1S/C19H29N3O5/c1-19(2,3)27-18(23)21(12-11-20-9-5-6-10-20)14-15-13-16(22(24)25)7-8-17(15)26-4/h7-8,13H,5-6,9-12,14H2,1-4H3. The molecule has 1 aliphatic rings. The van der Waals surface area contributed by atoms with Crippen molar-refractivity contribution in [2.45, 2.75) is 45.8 Å². The van der Waals surface area contributed by atoms with Crippen molar-refractivity contribution in [1.29, 1.82) is 0 Å². The zero-order valence-electron chi connectivity index (χ0n) is 16.6. The molecule has 0 unspecified atom stereocenters. The number of nitrogens with zero attached hydrogens (tertiary/aromatic N) is 3. The maximum atomic E-state index is 12.7. The molecule has 1 heterocycles. The number of carbonyl (C=O) groups excluding carboxylic acids is 1. The molecule has 0 bridgehead atoms. The molecule has 0 saturated carbocycles. The van der Waals surface area contributed by atoms with E-state index in [0.29, 0.717) is 17.9 Å². The lowest BCUT2D eigenvalue weighted by Crippen LogP contribution is -2.40. The molecule has 0 atom stereocenters. The molecule has 27 heavy (non-hydrogen) atoms. The maximum Gasteiger partial charge on any atom is 0.410 e. The Morgan fingerprint density at radius 1 is 1.30 bits per heavy atom. The molecule has 1 fully saturated rings. The zero-order chi connectivity index (χ0) is 20.0. The molecular weight excluding hydrogens is 350 g/mol. The highest BCUT2D eigenvalue weighted by atomic mass is 16.6. The normalized spacial score (nSPS) is 14.8. The highest BCUT2D eigenvalue weighted by Crippen LogP contribution is 2.26. The first-order chi connectivity index (χ1) is 12.7. The van der Waals surface area contributed by atoms with Crippen molar-refractivity contribution >= 4 is 11.8 Å². The molecule has 8 heteroatoms. The summed E-state index contributed by atoms with van der Waals surface area (Å²) in [7, 11) is 1.51. The van der Waals surface area contributed by atoms with E-state index in [-0.39, 0.29) is 12.2 Å². The molecule has 1 aromatic carbocycles. The van der Waals surface area contributed by atoms with E-state index < -0.39 is 16.6 Å². The summed E-state index contributed by atoms with van der Waals surface area (Å²) in [4.78, 5) is 27.3. The minimum Gasteiger partial charge on any atom is -0.496 e. The van der Waals surface area contributed by atoms with E-state index >= 15 is 0 Å². The van der Waals surface area contributed by atoms with Gasteiger partial charge in [-0.25, -0.2) is 4.79 Å². The molecule has 8 nitrogen and oxygen atoms in total. The minimum atomic E-state index is -0.615. The Morgan fingerprint density at radius 2 is 1.96 bits per heavy atom. The van der Waals surface area contributed by atoms with Crippen molar-refractivity contribution in [3.8, 4) is 5.75 Å². The molecule has 0 N–H and O–H groups in total. The summed E-state index contributed by atoms with van der Waals surface area (Å²) < 4.78 is 10.9. The van der Waals surface area contributed by atoms with Gasteiger partial charge in [0, 0.05) is 30.8 Å². The van der Waals surface area contributed by atoms with Gasteiger partial charge in [0.15, 0.2) is 0 Å². The number of benzene rings is 1. The van der Waals surface area contributed by atoms with Gasteiger partial charge in [0.2, 0.25) is 0 Å². The number of nitro benzene ring substituents is 1. The number of hydrogen-bond donors (Lipinski definition) is 0. The number of non-ortho nitro benzene ring substituents is 1. The van der Waals surface area contributed by atoms with Crippen LogP contribution in [0.3, 0.4) is 0 Å². The third-order valence-electron chi connectivity index (χ3n) is 4.37.